The van der Waals surface area contributed by atoms with Crippen LogP contribution in [0.4, 0.5) is 4.79 Å². The van der Waals surface area contributed by atoms with Gasteiger partial charge in [-0.2, -0.15) is 0 Å². The Morgan fingerprint density at radius 3 is 2.23 bits per heavy atom. The second-order valence-electron chi connectivity index (χ2n) is 16.8. The zero-order valence-corrected chi connectivity index (χ0v) is 36.2. The minimum atomic E-state index is -0.689. The highest BCUT2D eigenvalue weighted by molar-refractivity contribution is 6.30. The Balaban J connectivity index is 1.04. The second-order valence-corrected chi connectivity index (χ2v) is 17.7. The number of aliphatic imine (C=N–C) groups is 1. The van der Waals surface area contributed by atoms with Crippen LogP contribution >= 0.6 is 23.2 Å². The summed E-state index contributed by atoms with van der Waals surface area (Å²) in [6.07, 6.45) is 0.497. The monoisotopic (exact) mass is 858 g/mol. The van der Waals surface area contributed by atoms with Gasteiger partial charge in [0.05, 0.1) is 24.8 Å². The van der Waals surface area contributed by atoms with Crippen LogP contribution in [-0.2, 0) is 21.5 Å². The lowest BCUT2D eigenvalue weighted by Crippen LogP contribution is -2.54. The minimum Gasteiger partial charge on any atom is -0.493 e. The van der Waals surface area contributed by atoms with Gasteiger partial charge in [0.2, 0.25) is 11.8 Å². The number of fused-ring (bicyclic) bond motifs is 1. The third-order valence-electron chi connectivity index (χ3n) is 11.8. The molecule has 0 bridgehead atoms. The Morgan fingerprint density at radius 1 is 0.885 bits per heavy atom. The van der Waals surface area contributed by atoms with Crippen molar-refractivity contribution in [3.63, 3.8) is 0 Å². The number of carbonyl (C=O) groups excluding carboxylic acids is 4. The number of nitrogens with zero attached hydrogens (tertiary/aromatic N) is 5. The van der Waals surface area contributed by atoms with Gasteiger partial charge in [0.1, 0.15) is 23.7 Å². The highest BCUT2D eigenvalue weighted by atomic mass is 35.5. The van der Waals surface area contributed by atoms with Crippen LogP contribution in [0.5, 0.6) is 5.75 Å². The van der Waals surface area contributed by atoms with Gasteiger partial charge in [-0.15, -0.1) is 0 Å². The number of amides is 5. The Hall–Kier alpha value is -5.67. The molecule has 5 amide bonds. The summed E-state index contributed by atoms with van der Waals surface area (Å²) < 4.78 is 6.29. The van der Waals surface area contributed by atoms with Crippen molar-refractivity contribution in [3.8, 4) is 17.6 Å². The molecule has 1 N–H and O–H groups in total. The first kappa shape index (κ1) is 42.0. The minimum absolute atomic E-state index is 0.127. The van der Waals surface area contributed by atoms with Crippen molar-refractivity contribution in [2.24, 2.45) is 4.99 Å². The lowest BCUT2D eigenvalue weighted by Gasteiger charge is -2.38. The zero-order chi connectivity index (χ0) is 43.0. The number of nitrogens with one attached hydrogen (secondary N) is 1. The van der Waals surface area contributed by atoms with E-state index in [2.05, 4.69) is 55.0 Å². The van der Waals surface area contributed by atoms with E-state index in [0.29, 0.717) is 72.9 Å². The molecule has 8 rings (SSSR count). The maximum absolute atomic E-state index is 15.1. The number of ether oxygens (including phenoxy) is 1. The van der Waals surface area contributed by atoms with Gasteiger partial charge in [-0.25, -0.2) is 4.79 Å². The number of hydrogen-bond acceptors (Lipinski definition) is 7. The number of rotatable bonds is 7. The summed E-state index contributed by atoms with van der Waals surface area (Å²) in [5.74, 6) is 6.79. The highest BCUT2D eigenvalue weighted by Crippen LogP contribution is 2.46. The number of urea groups is 1. The molecule has 3 atom stereocenters. The van der Waals surface area contributed by atoms with Gasteiger partial charge < -0.3 is 14.5 Å². The number of piperidine rings is 1. The summed E-state index contributed by atoms with van der Waals surface area (Å²) in [7, 11) is 0. The SMILES string of the molecule is CCOc1cc(C(C)(C)C)ccc1C1=N[C@@H](c2ccc(Cl)cc2)[C@@H](c2ccc(Cl)cc2)N1C(=O)N1CCN(CC#Cc2cccc3c2CN(C2CCC(=O)NC2=O)C3=O)CC1. The van der Waals surface area contributed by atoms with Crippen LogP contribution in [0.3, 0.4) is 0 Å². The number of piperazine rings is 1. The van der Waals surface area contributed by atoms with Gasteiger partial charge in [-0.3, -0.25) is 34.5 Å². The maximum atomic E-state index is 15.1. The molecular weight excluding hydrogens is 811 g/mol. The fraction of sp³-hybridized carbons (Fsp3) is 0.354. The Morgan fingerprint density at radius 2 is 1.57 bits per heavy atom. The van der Waals surface area contributed by atoms with Crippen molar-refractivity contribution in [1.82, 2.24) is 24.9 Å². The normalized spacial score (nSPS) is 20.6. The Kier molecular flexibility index (Phi) is 12.0. The molecule has 314 valence electrons. The molecule has 0 aromatic heterocycles. The largest absolute Gasteiger partial charge is 0.493 e. The molecule has 1 unspecified atom stereocenters. The van der Waals surface area contributed by atoms with Crippen molar-refractivity contribution in [2.45, 2.75) is 70.6 Å². The van der Waals surface area contributed by atoms with E-state index in [-0.39, 0.29) is 36.2 Å². The van der Waals surface area contributed by atoms with Crippen molar-refractivity contribution >= 4 is 52.8 Å². The average molecular weight is 860 g/mol. The number of hydrogen-bond donors (Lipinski definition) is 1. The average Bonchev–Trinajstić information content (AvgIpc) is 3.80. The topological polar surface area (TPSA) is 115 Å². The van der Waals surface area contributed by atoms with Gasteiger partial charge in [0, 0.05) is 60.3 Å². The van der Waals surface area contributed by atoms with Crippen LogP contribution in [0.1, 0.15) is 96.4 Å². The summed E-state index contributed by atoms with van der Waals surface area (Å²) >= 11 is 12.8. The molecular formula is C48H48Cl2N6O5. The number of imide groups is 1. The number of halogens is 2. The van der Waals surface area contributed by atoms with Crippen molar-refractivity contribution in [1.29, 1.82) is 0 Å². The molecule has 4 heterocycles. The van der Waals surface area contributed by atoms with Crippen molar-refractivity contribution in [2.75, 3.05) is 39.3 Å². The zero-order valence-electron chi connectivity index (χ0n) is 34.7. The maximum Gasteiger partial charge on any atom is 0.326 e. The lowest BCUT2D eigenvalue weighted by atomic mass is 9.86. The van der Waals surface area contributed by atoms with Gasteiger partial charge in [0.25, 0.3) is 5.91 Å². The molecule has 2 fully saturated rings. The predicted octanol–water partition coefficient (Wildman–Crippen LogP) is 7.78. The van der Waals surface area contributed by atoms with Crippen LogP contribution in [-0.4, -0.2) is 94.6 Å². The molecule has 0 radical (unpaired) electrons. The molecule has 2 saturated heterocycles. The smallest absolute Gasteiger partial charge is 0.326 e. The molecule has 4 aliphatic heterocycles. The number of benzene rings is 4. The summed E-state index contributed by atoms with van der Waals surface area (Å²) in [5, 5.41) is 3.56. The van der Waals surface area contributed by atoms with Crippen LogP contribution in [0.2, 0.25) is 10.0 Å². The van der Waals surface area contributed by atoms with Crippen LogP contribution < -0.4 is 10.1 Å². The first-order valence-electron chi connectivity index (χ1n) is 20.7. The quantitative estimate of drug-likeness (QED) is 0.150. The van der Waals surface area contributed by atoms with Crippen LogP contribution in [0.15, 0.2) is 89.9 Å². The summed E-state index contributed by atoms with van der Waals surface area (Å²) in [6.45, 7) is 11.8. The summed E-state index contributed by atoms with van der Waals surface area (Å²) in [5.41, 5.74) is 5.59. The van der Waals surface area contributed by atoms with E-state index < -0.39 is 24.0 Å². The molecule has 4 aliphatic rings. The Bertz CT molecular complexity index is 2460. The van der Waals surface area contributed by atoms with E-state index in [1.165, 1.54) is 4.90 Å². The van der Waals surface area contributed by atoms with E-state index in [1.54, 1.807) is 12.1 Å². The number of carbonyl (C=O) groups is 4. The van der Waals surface area contributed by atoms with E-state index in [0.717, 1.165) is 33.4 Å². The molecule has 0 aliphatic carbocycles. The van der Waals surface area contributed by atoms with Crippen LogP contribution in [0.25, 0.3) is 0 Å². The van der Waals surface area contributed by atoms with Gasteiger partial charge in [-0.05, 0) is 89.5 Å². The fourth-order valence-corrected chi connectivity index (χ4v) is 8.75. The first-order chi connectivity index (χ1) is 29.3. The number of amidine groups is 1. The summed E-state index contributed by atoms with van der Waals surface area (Å²) in [6, 6.07) is 25.1. The van der Waals surface area contributed by atoms with Gasteiger partial charge in [-0.1, -0.05) is 92.2 Å². The molecule has 11 nitrogen and oxygen atoms in total. The first-order valence-corrected chi connectivity index (χ1v) is 21.5. The predicted molar refractivity (Wildman–Crippen MR) is 236 cm³/mol. The van der Waals surface area contributed by atoms with E-state index in [1.807, 2.05) is 77.4 Å². The van der Waals surface area contributed by atoms with Crippen LogP contribution in [0, 0.1) is 11.8 Å². The Labute approximate surface area is 366 Å². The molecule has 13 heteroatoms. The molecule has 4 aromatic carbocycles. The molecule has 0 saturated carbocycles. The third-order valence-corrected chi connectivity index (χ3v) is 12.3. The molecule has 4 aromatic rings. The molecule has 61 heavy (non-hydrogen) atoms. The van der Waals surface area contributed by atoms with E-state index in [4.69, 9.17) is 32.9 Å². The van der Waals surface area contributed by atoms with Crippen molar-refractivity contribution < 1.29 is 23.9 Å². The van der Waals surface area contributed by atoms with Crippen molar-refractivity contribution in [3.05, 3.63) is 134 Å². The standard InChI is InChI=1S/C48H48Cl2N6O5/c1-5-61-40-28-33(48(2,3)4)15-20-37(40)44-52-42(31-11-16-34(49)17-12-31)43(32-13-18-35(50)19-14-32)56(44)47(60)54-26-24-53(25-27-54)23-7-9-30-8-6-10-36-38(30)29-55(46(36)59)39-21-22-41(57)51-45(39)58/h6,8,10-20,28,39,42-43H,5,21-27,29H2,1-4H3,(H,51,57,58)/t39?,42-,43+/m0/s1. The van der Waals surface area contributed by atoms with Gasteiger partial charge in [0.15, 0.2) is 0 Å². The lowest BCUT2D eigenvalue weighted by molar-refractivity contribution is -0.136. The van der Waals surface area contributed by atoms with Gasteiger partial charge >= 0.3 is 6.03 Å². The second kappa shape index (κ2) is 17.4. The van der Waals surface area contributed by atoms with E-state index >= 15 is 4.79 Å². The fourth-order valence-electron chi connectivity index (χ4n) is 8.50. The summed E-state index contributed by atoms with van der Waals surface area (Å²) in [4.78, 5) is 65.6. The van der Waals surface area contributed by atoms with E-state index in [9.17, 15) is 14.4 Å². The third kappa shape index (κ3) is 8.63. The molecule has 0 spiro atoms. The highest BCUT2D eigenvalue weighted by Gasteiger charge is 2.45.